The SMILES string of the molecule is COC(=O)C(CC#CCN1CCOCC1)NS(=O)(=O)c1ccc(C#Cc2ccc(OC)cc2)cc1. The van der Waals surface area contributed by atoms with Crippen LogP contribution in [0.25, 0.3) is 0 Å². The van der Waals surface area contributed by atoms with Crippen LogP contribution in [0.3, 0.4) is 0 Å². The van der Waals surface area contributed by atoms with E-state index < -0.39 is 22.0 Å². The van der Waals surface area contributed by atoms with Crippen molar-refractivity contribution in [3.05, 3.63) is 59.7 Å². The van der Waals surface area contributed by atoms with Crippen molar-refractivity contribution in [1.82, 2.24) is 9.62 Å². The summed E-state index contributed by atoms with van der Waals surface area (Å²) in [7, 11) is -1.17. The van der Waals surface area contributed by atoms with Crippen LogP contribution in [0, 0.1) is 23.7 Å². The highest BCUT2D eigenvalue weighted by Crippen LogP contribution is 2.13. The van der Waals surface area contributed by atoms with Gasteiger partial charge in [-0.3, -0.25) is 9.69 Å². The zero-order valence-corrected chi connectivity index (χ0v) is 20.6. The molecule has 1 heterocycles. The van der Waals surface area contributed by atoms with Crippen LogP contribution < -0.4 is 9.46 Å². The molecule has 1 aliphatic rings. The van der Waals surface area contributed by atoms with E-state index in [1.165, 1.54) is 19.2 Å². The molecule has 0 radical (unpaired) electrons. The third kappa shape index (κ3) is 8.13. The van der Waals surface area contributed by atoms with Crippen LogP contribution >= 0.6 is 0 Å². The minimum absolute atomic E-state index is 0.00165. The molecule has 1 N–H and O–H groups in total. The van der Waals surface area contributed by atoms with Crippen LogP contribution in [-0.2, 0) is 24.3 Å². The number of ether oxygens (including phenoxy) is 3. The van der Waals surface area contributed by atoms with Crippen molar-refractivity contribution in [2.45, 2.75) is 17.4 Å². The van der Waals surface area contributed by atoms with Gasteiger partial charge in [0.2, 0.25) is 10.0 Å². The van der Waals surface area contributed by atoms with Crippen molar-refractivity contribution in [2.75, 3.05) is 47.1 Å². The van der Waals surface area contributed by atoms with E-state index >= 15 is 0 Å². The monoisotopic (exact) mass is 496 g/mol. The van der Waals surface area contributed by atoms with Crippen LogP contribution in [-0.4, -0.2) is 72.4 Å². The summed E-state index contributed by atoms with van der Waals surface area (Å²) in [4.78, 5) is 14.3. The number of esters is 1. The van der Waals surface area contributed by atoms with E-state index in [0.29, 0.717) is 25.3 Å². The van der Waals surface area contributed by atoms with Gasteiger partial charge in [-0.25, -0.2) is 8.42 Å². The molecule has 1 atom stereocenters. The molecule has 3 rings (SSSR count). The van der Waals surface area contributed by atoms with Crippen LogP contribution in [0.1, 0.15) is 17.5 Å². The summed E-state index contributed by atoms with van der Waals surface area (Å²) in [6, 6.07) is 12.3. The van der Waals surface area contributed by atoms with Crippen molar-refractivity contribution in [1.29, 1.82) is 0 Å². The molecule has 1 saturated heterocycles. The van der Waals surface area contributed by atoms with Gasteiger partial charge in [-0.05, 0) is 48.5 Å². The number of benzene rings is 2. The Hall–Kier alpha value is -3.34. The summed E-state index contributed by atoms with van der Waals surface area (Å²) in [5.41, 5.74) is 1.46. The highest BCUT2D eigenvalue weighted by Gasteiger charge is 2.25. The fourth-order valence-electron chi connectivity index (χ4n) is 3.21. The summed E-state index contributed by atoms with van der Waals surface area (Å²) in [6.07, 6.45) is 0.00165. The lowest BCUT2D eigenvalue weighted by Crippen LogP contribution is -2.41. The van der Waals surface area contributed by atoms with Gasteiger partial charge in [-0.1, -0.05) is 23.7 Å². The fourth-order valence-corrected chi connectivity index (χ4v) is 4.39. The Balaban J connectivity index is 1.64. The average molecular weight is 497 g/mol. The maximum Gasteiger partial charge on any atom is 0.324 e. The molecule has 0 bridgehead atoms. The van der Waals surface area contributed by atoms with E-state index in [2.05, 4.69) is 33.3 Å². The van der Waals surface area contributed by atoms with Gasteiger partial charge in [-0.2, -0.15) is 4.72 Å². The first-order chi connectivity index (χ1) is 16.9. The summed E-state index contributed by atoms with van der Waals surface area (Å²) in [5.74, 6) is 11.9. The van der Waals surface area contributed by atoms with Crippen LogP contribution in [0.15, 0.2) is 53.4 Å². The molecule has 0 aromatic heterocycles. The fraction of sp³-hybridized carbons (Fsp3) is 0.346. The van der Waals surface area contributed by atoms with Gasteiger partial charge in [0.1, 0.15) is 11.8 Å². The molecule has 184 valence electrons. The van der Waals surface area contributed by atoms with Gasteiger partial charge in [0.05, 0.1) is 38.9 Å². The van der Waals surface area contributed by atoms with Crippen molar-refractivity contribution in [3.63, 3.8) is 0 Å². The van der Waals surface area contributed by atoms with E-state index in [1.807, 2.05) is 24.3 Å². The lowest BCUT2D eigenvalue weighted by Gasteiger charge is -2.24. The molecular weight excluding hydrogens is 468 g/mol. The number of methoxy groups -OCH3 is 2. The third-order valence-corrected chi connectivity index (χ3v) is 6.71. The molecule has 1 fully saturated rings. The largest absolute Gasteiger partial charge is 0.497 e. The maximum absolute atomic E-state index is 12.9. The molecule has 9 heteroatoms. The van der Waals surface area contributed by atoms with Crippen molar-refractivity contribution in [3.8, 4) is 29.4 Å². The second-order valence-electron chi connectivity index (χ2n) is 7.65. The molecule has 0 aliphatic carbocycles. The number of sulfonamides is 1. The molecule has 0 amide bonds. The first-order valence-electron chi connectivity index (χ1n) is 11.0. The van der Waals surface area contributed by atoms with E-state index in [-0.39, 0.29) is 11.3 Å². The quantitative estimate of drug-likeness (QED) is 0.460. The van der Waals surface area contributed by atoms with Crippen molar-refractivity contribution >= 4 is 16.0 Å². The summed E-state index contributed by atoms with van der Waals surface area (Å²) >= 11 is 0. The van der Waals surface area contributed by atoms with Gasteiger partial charge in [0.15, 0.2) is 0 Å². The molecule has 35 heavy (non-hydrogen) atoms. The summed E-state index contributed by atoms with van der Waals surface area (Å²) in [5, 5.41) is 0. The van der Waals surface area contributed by atoms with E-state index in [1.54, 1.807) is 19.2 Å². The first kappa shape index (κ1) is 26.3. The molecule has 1 unspecified atom stereocenters. The normalized spacial score (nSPS) is 14.6. The number of nitrogens with one attached hydrogen (secondary N) is 1. The average Bonchev–Trinajstić information content (AvgIpc) is 2.89. The Morgan fingerprint density at radius 3 is 2.17 bits per heavy atom. The zero-order chi connectivity index (χ0) is 25.1. The highest BCUT2D eigenvalue weighted by atomic mass is 32.2. The number of nitrogens with zero attached hydrogens (tertiary/aromatic N) is 1. The topological polar surface area (TPSA) is 94.2 Å². The number of hydrogen-bond donors (Lipinski definition) is 1. The Kier molecular flexibility index (Phi) is 9.71. The van der Waals surface area contributed by atoms with E-state index in [9.17, 15) is 13.2 Å². The number of hydrogen-bond acceptors (Lipinski definition) is 7. The predicted octanol–water partition coefficient (Wildman–Crippen LogP) is 1.64. The second kappa shape index (κ2) is 12.9. The number of rotatable bonds is 7. The van der Waals surface area contributed by atoms with Gasteiger partial charge < -0.3 is 14.2 Å². The molecular formula is C26H28N2O6S. The van der Waals surface area contributed by atoms with E-state index in [0.717, 1.165) is 24.4 Å². The third-order valence-electron chi connectivity index (χ3n) is 5.23. The molecule has 2 aromatic rings. The highest BCUT2D eigenvalue weighted by molar-refractivity contribution is 7.89. The Bertz CT molecular complexity index is 1210. The lowest BCUT2D eigenvalue weighted by molar-refractivity contribution is -0.142. The van der Waals surface area contributed by atoms with Gasteiger partial charge in [-0.15, -0.1) is 0 Å². The standard InChI is InChI=1S/C26H28N2O6S/c1-32-23-12-8-21(9-13-23)6-7-22-10-14-24(15-11-22)35(30,31)27-25(26(29)33-2)5-3-4-16-28-17-19-34-20-18-28/h8-15,25,27H,5,16-20H2,1-2H3. The maximum atomic E-state index is 12.9. The Morgan fingerprint density at radius 2 is 1.60 bits per heavy atom. The second-order valence-corrected chi connectivity index (χ2v) is 9.36. The van der Waals surface area contributed by atoms with Crippen molar-refractivity contribution < 1.29 is 27.4 Å². The van der Waals surface area contributed by atoms with Gasteiger partial charge >= 0.3 is 5.97 Å². The van der Waals surface area contributed by atoms with Crippen LogP contribution in [0.4, 0.5) is 0 Å². The van der Waals surface area contributed by atoms with Gasteiger partial charge in [0, 0.05) is 30.6 Å². The molecule has 1 aliphatic heterocycles. The Morgan fingerprint density at radius 1 is 1.00 bits per heavy atom. The minimum atomic E-state index is -3.97. The van der Waals surface area contributed by atoms with Gasteiger partial charge in [0.25, 0.3) is 0 Å². The molecule has 0 saturated carbocycles. The predicted molar refractivity (Wildman–Crippen MR) is 131 cm³/mol. The first-order valence-corrected chi connectivity index (χ1v) is 12.5. The smallest absolute Gasteiger partial charge is 0.324 e. The number of carbonyl (C=O) groups is 1. The molecule has 8 nitrogen and oxygen atoms in total. The Labute approximate surface area is 206 Å². The molecule has 0 spiro atoms. The zero-order valence-electron chi connectivity index (χ0n) is 19.7. The summed E-state index contributed by atoms with van der Waals surface area (Å²) < 4.78 is 43.3. The molecule has 2 aromatic carbocycles. The number of carbonyl (C=O) groups excluding carboxylic acids is 1. The van der Waals surface area contributed by atoms with E-state index in [4.69, 9.17) is 14.2 Å². The minimum Gasteiger partial charge on any atom is -0.497 e. The number of morpholine rings is 1. The summed E-state index contributed by atoms with van der Waals surface area (Å²) in [6.45, 7) is 3.45. The van der Waals surface area contributed by atoms with Crippen molar-refractivity contribution in [2.24, 2.45) is 0 Å². The van der Waals surface area contributed by atoms with Crippen LogP contribution in [0.5, 0.6) is 5.75 Å². The van der Waals surface area contributed by atoms with Crippen LogP contribution in [0.2, 0.25) is 0 Å². The lowest BCUT2D eigenvalue weighted by atomic mass is 10.2.